The molecule has 0 aliphatic carbocycles. The molecule has 3 amide bonds. The smallest absolute Gasteiger partial charge is 0.317 e. The van der Waals surface area contributed by atoms with Crippen molar-refractivity contribution in [2.75, 3.05) is 59.0 Å². The fraction of sp³-hybridized carbons (Fsp3) is 0.500. The first-order valence-electron chi connectivity index (χ1n) is 11.3. The van der Waals surface area contributed by atoms with Crippen molar-refractivity contribution in [3.05, 3.63) is 59.0 Å². The van der Waals surface area contributed by atoms with Crippen LogP contribution in [0.1, 0.15) is 33.5 Å². The monoisotopic (exact) mass is 440 g/mol. The second kappa shape index (κ2) is 10.2. The van der Waals surface area contributed by atoms with E-state index >= 15 is 0 Å². The van der Waals surface area contributed by atoms with E-state index in [9.17, 15) is 9.59 Å². The number of ether oxygens (including phenoxy) is 1. The van der Waals surface area contributed by atoms with Crippen LogP contribution in [0.25, 0.3) is 0 Å². The van der Waals surface area contributed by atoms with E-state index < -0.39 is 0 Å². The molecule has 8 heteroatoms. The number of morpholine rings is 1. The van der Waals surface area contributed by atoms with Crippen LogP contribution in [0.5, 0.6) is 0 Å². The molecule has 1 atom stereocenters. The zero-order valence-electron chi connectivity index (χ0n) is 18.9. The second-order valence-electron chi connectivity index (χ2n) is 8.45. The lowest BCUT2D eigenvalue weighted by molar-refractivity contribution is 0.0163. The number of piperazine rings is 1. The number of carbonyl (C=O) groups is 2. The highest BCUT2D eigenvalue weighted by Gasteiger charge is 2.28. The van der Waals surface area contributed by atoms with E-state index in [1.807, 2.05) is 6.92 Å². The lowest BCUT2D eigenvalue weighted by atomic mass is 10.0. The van der Waals surface area contributed by atoms with Gasteiger partial charge in [0.05, 0.1) is 19.3 Å². The molecule has 172 valence electrons. The first kappa shape index (κ1) is 22.4. The molecule has 2 fully saturated rings. The van der Waals surface area contributed by atoms with Gasteiger partial charge in [0.25, 0.3) is 5.91 Å². The highest BCUT2D eigenvalue weighted by atomic mass is 16.5. The van der Waals surface area contributed by atoms with Gasteiger partial charge in [0, 0.05) is 45.8 Å². The Morgan fingerprint density at radius 3 is 2.34 bits per heavy atom. The zero-order chi connectivity index (χ0) is 22.5. The van der Waals surface area contributed by atoms with Gasteiger partial charge in [-0.1, -0.05) is 29.8 Å². The molecule has 2 aromatic rings. The molecule has 1 aromatic heterocycles. The molecule has 2 saturated heterocycles. The number of benzene rings is 1. The summed E-state index contributed by atoms with van der Waals surface area (Å²) in [6, 6.07) is 12.0. The maximum atomic E-state index is 12.9. The Morgan fingerprint density at radius 1 is 0.969 bits per heavy atom. The SMILES string of the molecule is Cc1cccc(C(CNC(=O)N2CCN(C(=O)c3ccc(C)o3)CC2)N2CCOCC2)c1. The summed E-state index contributed by atoms with van der Waals surface area (Å²) >= 11 is 0. The van der Waals surface area contributed by atoms with Crippen LogP contribution in [0.15, 0.2) is 40.8 Å². The quantitative estimate of drug-likeness (QED) is 0.773. The van der Waals surface area contributed by atoms with Crippen molar-refractivity contribution < 1.29 is 18.7 Å². The second-order valence-corrected chi connectivity index (χ2v) is 8.45. The molecule has 3 heterocycles. The molecule has 0 bridgehead atoms. The third-order valence-corrected chi connectivity index (χ3v) is 6.17. The molecule has 0 radical (unpaired) electrons. The average molecular weight is 441 g/mol. The molecular formula is C24H32N4O4. The van der Waals surface area contributed by atoms with E-state index in [0.717, 1.165) is 18.8 Å². The van der Waals surface area contributed by atoms with E-state index in [1.165, 1.54) is 11.1 Å². The number of nitrogens with one attached hydrogen (secondary N) is 1. The summed E-state index contributed by atoms with van der Waals surface area (Å²) in [6.45, 7) is 9.56. The number of urea groups is 1. The predicted octanol–water partition coefficient (Wildman–Crippen LogP) is 2.44. The molecule has 0 spiro atoms. The largest absolute Gasteiger partial charge is 0.456 e. The van der Waals surface area contributed by atoms with E-state index in [-0.39, 0.29) is 18.0 Å². The molecule has 32 heavy (non-hydrogen) atoms. The summed E-state index contributed by atoms with van der Waals surface area (Å²) in [5, 5.41) is 3.13. The van der Waals surface area contributed by atoms with E-state index in [2.05, 4.69) is 41.4 Å². The molecule has 8 nitrogen and oxygen atoms in total. The Labute approximate surface area is 189 Å². The molecule has 1 aromatic carbocycles. The van der Waals surface area contributed by atoms with Crippen molar-refractivity contribution in [1.29, 1.82) is 0 Å². The van der Waals surface area contributed by atoms with Gasteiger partial charge in [-0.3, -0.25) is 9.69 Å². The minimum Gasteiger partial charge on any atom is -0.456 e. The Hall–Kier alpha value is -2.84. The average Bonchev–Trinajstić information content (AvgIpc) is 3.26. The highest BCUT2D eigenvalue weighted by Crippen LogP contribution is 2.22. The summed E-state index contributed by atoms with van der Waals surface area (Å²) in [4.78, 5) is 31.3. The summed E-state index contributed by atoms with van der Waals surface area (Å²) in [7, 11) is 0. The van der Waals surface area contributed by atoms with Crippen LogP contribution in [0.3, 0.4) is 0 Å². The highest BCUT2D eigenvalue weighted by molar-refractivity contribution is 5.91. The summed E-state index contributed by atoms with van der Waals surface area (Å²) in [5.41, 5.74) is 2.41. The lowest BCUT2D eigenvalue weighted by Gasteiger charge is -2.37. The third-order valence-electron chi connectivity index (χ3n) is 6.17. The predicted molar refractivity (Wildman–Crippen MR) is 121 cm³/mol. The lowest BCUT2D eigenvalue weighted by Crippen LogP contribution is -2.54. The third kappa shape index (κ3) is 5.31. The van der Waals surface area contributed by atoms with Crippen LogP contribution in [0, 0.1) is 13.8 Å². The van der Waals surface area contributed by atoms with Crippen LogP contribution in [0.2, 0.25) is 0 Å². The van der Waals surface area contributed by atoms with Gasteiger partial charge >= 0.3 is 6.03 Å². The van der Waals surface area contributed by atoms with Gasteiger partial charge in [-0.15, -0.1) is 0 Å². The van der Waals surface area contributed by atoms with Gasteiger partial charge in [0.15, 0.2) is 5.76 Å². The van der Waals surface area contributed by atoms with Gasteiger partial charge in [-0.25, -0.2) is 4.79 Å². The number of furan rings is 1. The number of nitrogens with zero attached hydrogens (tertiary/aromatic N) is 3. The van der Waals surface area contributed by atoms with Crippen molar-refractivity contribution in [2.24, 2.45) is 0 Å². The number of aryl methyl sites for hydroxylation is 2. The van der Waals surface area contributed by atoms with Crippen molar-refractivity contribution in [2.45, 2.75) is 19.9 Å². The van der Waals surface area contributed by atoms with Crippen LogP contribution in [-0.4, -0.2) is 85.7 Å². The van der Waals surface area contributed by atoms with Crippen LogP contribution < -0.4 is 5.32 Å². The first-order chi connectivity index (χ1) is 15.5. The van der Waals surface area contributed by atoms with Crippen molar-refractivity contribution >= 4 is 11.9 Å². The van der Waals surface area contributed by atoms with E-state index in [0.29, 0.717) is 51.7 Å². The number of hydrogen-bond acceptors (Lipinski definition) is 5. The van der Waals surface area contributed by atoms with Crippen molar-refractivity contribution in [3.63, 3.8) is 0 Å². The summed E-state index contributed by atoms with van der Waals surface area (Å²) in [5.74, 6) is 0.951. The molecule has 0 saturated carbocycles. The van der Waals surface area contributed by atoms with Gasteiger partial charge in [-0.2, -0.15) is 0 Å². The molecule has 2 aliphatic rings. The first-order valence-corrected chi connectivity index (χ1v) is 11.3. The minimum absolute atomic E-state index is 0.0862. The van der Waals surface area contributed by atoms with Crippen LogP contribution in [0.4, 0.5) is 4.79 Å². The van der Waals surface area contributed by atoms with Crippen LogP contribution >= 0.6 is 0 Å². The summed E-state index contributed by atoms with van der Waals surface area (Å²) < 4.78 is 11.0. The van der Waals surface area contributed by atoms with Crippen molar-refractivity contribution in [3.8, 4) is 0 Å². The van der Waals surface area contributed by atoms with Gasteiger partial charge in [0.2, 0.25) is 0 Å². The number of amides is 3. The summed E-state index contributed by atoms with van der Waals surface area (Å²) in [6.07, 6.45) is 0. The Morgan fingerprint density at radius 2 is 1.69 bits per heavy atom. The van der Waals surface area contributed by atoms with Crippen molar-refractivity contribution in [1.82, 2.24) is 20.0 Å². The Balaban J connectivity index is 1.33. The maximum absolute atomic E-state index is 12.9. The van der Waals surface area contributed by atoms with Gasteiger partial charge in [-0.05, 0) is 31.5 Å². The topological polar surface area (TPSA) is 78.3 Å². The standard InChI is InChI=1S/C24H32N4O4/c1-18-4-3-5-20(16-18)21(26-12-14-31-15-13-26)17-25-24(30)28-10-8-27(9-11-28)23(29)22-7-6-19(2)32-22/h3-7,16,21H,8-15,17H2,1-2H3,(H,25,30). The molecule has 4 rings (SSSR count). The van der Waals surface area contributed by atoms with Gasteiger partial charge < -0.3 is 24.3 Å². The molecule has 1 unspecified atom stereocenters. The molecule has 1 N–H and O–H groups in total. The van der Waals surface area contributed by atoms with Gasteiger partial charge in [0.1, 0.15) is 5.76 Å². The Kier molecular flexibility index (Phi) is 7.12. The molecule has 2 aliphatic heterocycles. The fourth-order valence-electron chi connectivity index (χ4n) is 4.34. The number of carbonyl (C=O) groups excluding carboxylic acids is 2. The fourth-order valence-corrected chi connectivity index (χ4v) is 4.34. The Bertz CT molecular complexity index is 930. The van der Waals surface area contributed by atoms with E-state index in [1.54, 1.807) is 21.9 Å². The number of rotatable bonds is 5. The molecular weight excluding hydrogens is 408 g/mol. The minimum atomic E-state index is -0.120. The zero-order valence-corrected chi connectivity index (χ0v) is 18.9. The normalized spacial score (nSPS) is 18.4. The maximum Gasteiger partial charge on any atom is 0.317 e. The van der Waals surface area contributed by atoms with Crippen LogP contribution in [-0.2, 0) is 4.74 Å². The number of hydrogen-bond donors (Lipinski definition) is 1. The van der Waals surface area contributed by atoms with E-state index in [4.69, 9.17) is 9.15 Å².